The highest BCUT2D eigenvalue weighted by Gasteiger charge is 2.30. The Hall–Kier alpha value is -1.80. The van der Waals surface area contributed by atoms with Crippen molar-refractivity contribution in [2.45, 2.75) is 39.2 Å². The summed E-state index contributed by atoms with van der Waals surface area (Å²) in [4.78, 5) is 20.2. The summed E-state index contributed by atoms with van der Waals surface area (Å²) in [5.74, 6) is 0.501. The van der Waals surface area contributed by atoms with Crippen LogP contribution < -0.4 is 0 Å². The molecule has 2 fully saturated rings. The van der Waals surface area contributed by atoms with Gasteiger partial charge in [0.2, 0.25) is 5.91 Å². The molecular formula is C17H24N4O. The molecule has 0 radical (unpaired) electrons. The fourth-order valence-corrected chi connectivity index (χ4v) is 3.67. The first-order chi connectivity index (χ1) is 10.7. The van der Waals surface area contributed by atoms with Crippen LogP contribution in [0.3, 0.4) is 0 Å². The topological polar surface area (TPSA) is 63.1 Å². The number of likely N-dealkylation sites (tertiary alicyclic amines) is 2. The van der Waals surface area contributed by atoms with E-state index in [-0.39, 0.29) is 5.92 Å². The van der Waals surface area contributed by atoms with E-state index in [9.17, 15) is 4.79 Å². The highest BCUT2D eigenvalue weighted by molar-refractivity contribution is 5.79. The van der Waals surface area contributed by atoms with Crippen molar-refractivity contribution in [1.29, 1.82) is 5.26 Å². The summed E-state index contributed by atoms with van der Waals surface area (Å²) in [6.07, 6.45) is 4.40. The van der Waals surface area contributed by atoms with E-state index in [0.717, 1.165) is 75.4 Å². The Balaban J connectivity index is 1.60. The fourth-order valence-electron chi connectivity index (χ4n) is 3.67. The molecule has 0 bridgehead atoms. The van der Waals surface area contributed by atoms with Gasteiger partial charge in [-0.25, -0.2) is 0 Å². The molecule has 5 nitrogen and oxygen atoms in total. The largest absolute Gasteiger partial charge is 0.360 e. The number of rotatable bonds is 3. The van der Waals surface area contributed by atoms with Crippen LogP contribution in [0.25, 0.3) is 0 Å². The summed E-state index contributed by atoms with van der Waals surface area (Å²) < 4.78 is 0. The summed E-state index contributed by atoms with van der Waals surface area (Å²) in [6.45, 7) is 6.48. The molecule has 0 unspecified atom stereocenters. The average Bonchev–Trinajstić information content (AvgIpc) is 3.16. The van der Waals surface area contributed by atoms with Crippen LogP contribution in [0.1, 0.15) is 42.6 Å². The molecule has 0 aromatic carbocycles. The van der Waals surface area contributed by atoms with Crippen molar-refractivity contribution in [3.63, 3.8) is 0 Å². The van der Waals surface area contributed by atoms with Crippen molar-refractivity contribution in [1.82, 2.24) is 14.8 Å². The number of carbonyl (C=O) groups is 1. The predicted octanol–water partition coefficient (Wildman–Crippen LogP) is 2.03. The minimum Gasteiger partial charge on any atom is -0.360 e. The molecule has 2 saturated heterocycles. The van der Waals surface area contributed by atoms with Gasteiger partial charge >= 0.3 is 0 Å². The van der Waals surface area contributed by atoms with Crippen molar-refractivity contribution in [3.05, 3.63) is 23.0 Å². The molecule has 3 heterocycles. The molecule has 1 atom stereocenters. The van der Waals surface area contributed by atoms with E-state index in [0.29, 0.717) is 5.91 Å². The number of amides is 1. The maximum atomic E-state index is 12.6. The van der Waals surface area contributed by atoms with E-state index in [1.165, 1.54) is 0 Å². The number of piperidine rings is 1. The zero-order chi connectivity index (χ0) is 15.5. The third-order valence-electron chi connectivity index (χ3n) is 4.86. The molecule has 22 heavy (non-hydrogen) atoms. The lowest BCUT2D eigenvalue weighted by atomic mass is 9.96. The maximum Gasteiger partial charge on any atom is 0.226 e. The zero-order valence-corrected chi connectivity index (χ0v) is 13.3. The van der Waals surface area contributed by atoms with Crippen LogP contribution in [0.2, 0.25) is 0 Å². The second kappa shape index (κ2) is 6.53. The molecule has 1 aromatic heterocycles. The third kappa shape index (κ3) is 3.17. The second-order valence-electron chi connectivity index (χ2n) is 6.55. The maximum absolute atomic E-state index is 12.6. The van der Waals surface area contributed by atoms with E-state index in [1.807, 2.05) is 17.9 Å². The molecule has 1 N–H and O–H groups in total. The van der Waals surface area contributed by atoms with E-state index >= 15 is 0 Å². The number of hydrogen-bond donors (Lipinski definition) is 1. The quantitative estimate of drug-likeness (QED) is 0.929. The number of aromatic amines is 1. The molecule has 0 aliphatic carbocycles. The van der Waals surface area contributed by atoms with Crippen molar-refractivity contribution < 1.29 is 4.79 Å². The standard InChI is InChI=1S/C17H24N4O/c1-13-15(10-18)9-16(19-13)12-20-6-4-5-14(11-20)17(22)21-7-2-3-8-21/h9,14,19H,2-8,11-12H2,1H3/t14-/m0/s1. The number of carbonyl (C=O) groups excluding carboxylic acids is 1. The smallest absolute Gasteiger partial charge is 0.226 e. The number of H-pyrrole nitrogens is 1. The lowest BCUT2D eigenvalue weighted by Crippen LogP contribution is -2.43. The Morgan fingerprint density at radius 3 is 2.82 bits per heavy atom. The molecule has 1 amide bonds. The normalized spacial score (nSPS) is 22.7. The van der Waals surface area contributed by atoms with Crippen LogP contribution in [-0.4, -0.2) is 46.9 Å². The number of aryl methyl sites for hydroxylation is 1. The molecule has 118 valence electrons. The van der Waals surface area contributed by atoms with E-state index < -0.39 is 0 Å². The first-order valence-corrected chi connectivity index (χ1v) is 8.27. The van der Waals surface area contributed by atoms with Gasteiger partial charge in [-0.15, -0.1) is 0 Å². The van der Waals surface area contributed by atoms with Gasteiger partial charge in [0.05, 0.1) is 11.5 Å². The molecule has 3 rings (SSSR count). The van der Waals surface area contributed by atoms with Gasteiger partial charge in [-0.1, -0.05) is 0 Å². The summed E-state index contributed by atoms with van der Waals surface area (Å²) in [5.41, 5.74) is 2.72. The van der Waals surface area contributed by atoms with Crippen LogP contribution in [0.4, 0.5) is 0 Å². The highest BCUT2D eigenvalue weighted by Crippen LogP contribution is 2.23. The van der Waals surface area contributed by atoms with Crippen LogP contribution in [0.5, 0.6) is 0 Å². The first-order valence-electron chi connectivity index (χ1n) is 8.27. The Bertz CT molecular complexity index is 580. The molecule has 0 saturated carbocycles. The van der Waals surface area contributed by atoms with Crippen molar-refractivity contribution in [2.75, 3.05) is 26.2 Å². The lowest BCUT2D eigenvalue weighted by molar-refractivity contribution is -0.136. The van der Waals surface area contributed by atoms with Crippen LogP contribution in [-0.2, 0) is 11.3 Å². The zero-order valence-electron chi connectivity index (χ0n) is 13.3. The fraction of sp³-hybridized carbons (Fsp3) is 0.647. The van der Waals surface area contributed by atoms with Gasteiger partial charge in [0, 0.05) is 37.6 Å². The summed E-state index contributed by atoms with van der Waals surface area (Å²) in [7, 11) is 0. The Kier molecular flexibility index (Phi) is 4.49. The highest BCUT2D eigenvalue weighted by atomic mass is 16.2. The van der Waals surface area contributed by atoms with Crippen molar-refractivity contribution >= 4 is 5.91 Å². The van der Waals surface area contributed by atoms with Gasteiger partial charge in [0.1, 0.15) is 6.07 Å². The minimum atomic E-state index is 0.151. The first kappa shape index (κ1) is 15.1. The molecule has 2 aliphatic rings. The number of aromatic nitrogens is 1. The Labute approximate surface area is 131 Å². The average molecular weight is 300 g/mol. The summed E-state index contributed by atoms with van der Waals surface area (Å²) in [6, 6.07) is 4.14. The van der Waals surface area contributed by atoms with Gasteiger partial charge in [0.15, 0.2) is 0 Å². The van der Waals surface area contributed by atoms with Gasteiger partial charge in [-0.3, -0.25) is 9.69 Å². The molecule has 2 aliphatic heterocycles. The van der Waals surface area contributed by atoms with Gasteiger partial charge in [-0.05, 0) is 45.2 Å². The lowest BCUT2D eigenvalue weighted by Gasteiger charge is -2.33. The molecule has 5 heteroatoms. The van der Waals surface area contributed by atoms with Crippen molar-refractivity contribution in [2.24, 2.45) is 5.92 Å². The molecule has 1 aromatic rings. The number of nitriles is 1. The third-order valence-corrected chi connectivity index (χ3v) is 4.86. The van der Waals surface area contributed by atoms with Gasteiger partial charge in [-0.2, -0.15) is 5.26 Å². The van der Waals surface area contributed by atoms with E-state index in [1.54, 1.807) is 0 Å². The van der Waals surface area contributed by atoms with Gasteiger partial charge in [0.25, 0.3) is 0 Å². The monoisotopic (exact) mass is 300 g/mol. The number of nitrogens with one attached hydrogen (secondary N) is 1. The number of hydrogen-bond acceptors (Lipinski definition) is 3. The second-order valence-corrected chi connectivity index (χ2v) is 6.55. The van der Waals surface area contributed by atoms with E-state index in [2.05, 4.69) is 16.0 Å². The predicted molar refractivity (Wildman–Crippen MR) is 84.1 cm³/mol. The Morgan fingerprint density at radius 2 is 2.14 bits per heavy atom. The summed E-state index contributed by atoms with van der Waals surface area (Å²) in [5, 5.41) is 9.04. The van der Waals surface area contributed by atoms with Crippen LogP contribution in [0, 0.1) is 24.2 Å². The van der Waals surface area contributed by atoms with Gasteiger partial charge < -0.3 is 9.88 Å². The van der Waals surface area contributed by atoms with Crippen LogP contribution >= 0.6 is 0 Å². The SMILES string of the molecule is Cc1[nH]c(CN2CCC[C@H](C(=O)N3CCCC3)C2)cc1C#N. The summed E-state index contributed by atoms with van der Waals surface area (Å²) >= 11 is 0. The molecular weight excluding hydrogens is 276 g/mol. The van der Waals surface area contributed by atoms with Crippen molar-refractivity contribution in [3.8, 4) is 6.07 Å². The van der Waals surface area contributed by atoms with E-state index in [4.69, 9.17) is 5.26 Å². The molecule has 0 spiro atoms. The number of nitrogens with zero attached hydrogens (tertiary/aromatic N) is 3. The van der Waals surface area contributed by atoms with Crippen LogP contribution in [0.15, 0.2) is 6.07 Å². The minimum absolute atomic E-state index is 0.151. The Morgan fingerprint density at radius 1 is 1.36 bits per heavy atom.